The molecule has 0 saturated heterocycles. The van der Waals surface area contributed by atoms with E-state index < -0.39 is 10.1 Å². The van der Waals surface area contributed by atoms with Gasteiger partial charge >= 0.3 is 0 Å². The molecule has 0 aliphatic carbocycles. The maximum absolute atomic E-state index is 11.3. The zero-order valence-electron chi connectivity index (χ0n) is 9.06. The van der Waals surface area contributed by atoms with Crippen LogP contribution in [0.5, 0.6) is 0 Å². The van der Waals surface area contributed by atoms with Gasteiger partial charge < -0.3 is 0 Å². The summed E-state index contributed by atoms with van der Waals surface area (Å²) < 4.78 is 31.7. The molecule has 0 aromatic heterocycles. The summed E-state index contributed by atoms with van der Waals surface area (Å²) in [6, 6.07) is 3.57. The number of hydrogen-bond acceptors (Lipinski definition) is 3. The second-order valence-electron chi connectivity index (χ2n) is 3.95. The molecule has 0 unspecified atom stereocenters. The monoisotopic (exact) mass is 258 g/mol. The topological polar surface area (TPSA) is 54.4 Å². The maximum atomic E-state index is 11.3. The predicted molar refractivity (Wildman–Crippen MR) is 65.3 cm³/mol. The summed E-state index contributed by atoms with van der Waals surface area (Å²) in [5.74, 6) is 1.78. The number of aryl methyl sites for hydroxylation is 1. The number of benzene rings is 1. The van der Waals surface area contributed by atoms with Crippen LogP contribution in [0.1, 0.15) is 30.0 Å². The number of fused-ring (bicyclic) bond motifs is 1. The first kappa shape index (κ1) is 12.0. The Morgan fingerprint density at radius 1 is 1.31 bits per heavy atom. The molecule has 1 aromatic rings. The van der Waals surface area contributed by atoms with Gasteiger partial charge in [0.05, 0.1) is 4.90 Å². The van der Waals surface area contributed by atoms with E-state index in [4.69, 9.17) is 0 Å². The predicted octanol–water partition coefficient (Wildman–Crippen LogP) is 2.63. The number of thioether (sulfide) groups is 1. The van der Waals surface area contributed by atoms with E-state index in [2.05, 4.69) is 0 Å². The standard InChI is InChI=1S/C11H14O3S2/c1-2-3-8-4-9-6-15-7-10(9)5-11(8)16(12,13)14/h4-5H,2-3,6-7H2,1H3,(H,12,13,14). The van der Waals surface area contributed by atoms with Crippen molar-refractivity contribution in [3.8, 4) is 0 Å². The fraction of sp³-hybridized carbons (Fsp3) is 0.455. The highest BCUT2D eigenvalue weighted by molar-refractivity contribution is 7.98. The molecule has 0 spiro atoms. The van der Waals surface area contributed by atoms with Gasteiger partial charge in [-0.15, -0.1) is 0 Å². The van der Waals surface area contributed by atoms with Crippen molar-refractivity contribution < 1.29 is 13.0 Å². The smallest absolute Gasteiger partial charge is 0.282 e. The van der Waals surface area contributed by atoms with E-state index in [0.717, 1.165) is 29.1 Å². The summed E-state index contributed by atoms with van der Waals surface area (Å²) in [6.45, 7) is 2.00. The minimum atomic E-state index is -4.09. The van der Waals surface area contributed by atoms with Gasteiger partial charge in [0.15, 0.2) is 0 Å². The Hall–Kier alpha value is -0.520. The van der Waals surface area contributed by atoms with E-state index >= 15 is 0 Å². The number of hydrogen-bond donors (Lipinski definition) is 1. The molecule has 0 radical (unpaired) electrons. The molecule has 1 heterocycles. The molecule has 88 valence electrons. The van der Waals surface area contributed by atoms with Crippen LogP contribution in [0.25, 0.3) is 0 Å². The third-order valence-corrected chi connectivity index (χ3v) is 4.66. The lowest BCUT2D eigenvalue weighted by atomic mass is 10.0. The van der Waals surface area contributed by atoms with Crippen LogP contribution < -0.4 is 0 Å². The van der Waals surface area contributed by atoms with E-state index in [1.54, 1.807) is 17.8 Å². The lowest BCUT2D eigenvalue weighted by Crippen LogP contribution is -2.05. The van der Waals surface area contributed by atoms with E-state index in [-0.39, 0.29) is 4.90 Å². The molecular formula is C11H14O3S2. The number of rotatable bonds is 3. The first-order valence-corrected chi connectivity index (χ1v) is 7.81. The van der Waals surface area contributed by atoms with Crippen LogP contribution in [0.3, 0.4) is 0 Å². The molecular weight excluding hydrogens is 244 g/mol. The van der Waals surface area contributed by atoms with Crippen molar-refractivity contribution in [2.24, 2.45) is 0 Å². The first-order chi connectivity index (χ1) is 7.52. The van der Waals surface area contributed by atoms with Gasteiger partial charge in [-0.3, -0.25) is 4.55 Å². The molecule has 2 rings (SSSR count). The lowest BCUT2D eigenvalue weighted by molar-refractivity contribution is 0.482. The fourth-order valence-electron chi connectivity index (χ4n) is 1.96. The highest BCUT2D eigenvalue weighted by atomic mass is 32.2. The van der Waals surface area contributed by atoms with E-state index in [1.807, 2.05) is 13.0 Å². The summed E-state index contributed by atoms with van der Waals surface area (Å²) in [5.41, 5.74) is 2.99. The van der Waals surface area contributed by atoms with Crippen molar-refractivity contribution in [3.05, 3.63) is 28.8 Å². The van der Waals surface area contributed by atoms with Gasteiger partial charge in [-0.2, -0.15) is 20.2 Å². The average molecular weight is 258 g/mol. The van der Waals surface area contributed by atoms with Crippen LogP contribution in [0.4, 0.5) is 0 Å². The Bertz CT molecular complexity index is 506. The molecule has 1 aliphatic rings. The van der Waals surface area contributed by atoms with Crippen molar-refractivity contribution >= 4 is 21.9 Å². The van der Waals surface area contributed by atoms with Crippen LogP contribution in [-0.4, -0.2) is 13.0 Å². The molecule has 5 heteroatoms. The molecule has 0 fully saturated rings. The minimum Gasteiger partial charge on any atom is -0.282 e. The maximum Gasteiger partial charge on any atom is 0.294 e. The molecule has 0 atom stereocenters. The van der Waals surface area contributed by atoms with Gasteiger partial charge in [-0.1, -0.05) is 19.4 Å². The largest absolute Gasteiger partial charge is 0.294 e. The third-order valence-electron chi connectivity index (χ3n) is 2.70. The molecule has 1 aliphatic heterocycles. The Labute approximate surface area is 100 Å². The summed E-state index contributed by atoms with van der Waals surface area (Å²) in [4.78, 5) is 0.0931. The summed E-state index contributed by atoms with van der Waals surface area (Å²) in [5, 5.41) is 0. The van der Waals surface area contributed by atoms with E-state index in [1.165, 1.54) is 5.56 Å². The zero-order chi connectivity index (χ0) is 11.8. The molecule has 1 aromatic carbocycles. The van der Waals surface area contributed by atoms with Crippen molar-refractivity contribution in [1.29, 1.82) is 0 Å². The van der Waals surface area contributed by atoms with Gasteiger partial charge in [0, 0.05) is 11.5 Å². The molecule has 0 bridgehead atoms. The Morgan fingerprint density at radius 3 is 2.50 bits per heavy atom. The normalized spacial score (nSPS) is 15.1. The van der Waals surface area contributed by atoms with Gasteiger partial charge in [0.25, 0.3) is 10.1 Å². The third kappa shape index (κ3) is 2.26. The van der Waals surface area contributed by atoms with E-state index in [9.17, 15) is 13.0 Å². The van der Waals surface area contributed by atoms with Gasteiger partial charge in [-0.05, 0) is 29.2 Å². The molecule has 16 heavy (non-hydrogen) atoms. The fourth-order valence-corrected chi connectivity index (χ4v) is 3.83. The van der Waals surface area contributed by atoms with Gasteiger partial charge in [0.2, 0.25) is 0 Å². The summed E-state index contributed by atoms with van der Waals surface area (Å²) >= 11 is 1.77. The highest BCUT2D eigenvalue weighted by Crippen LogP contribution is 2.33. The SMILES string of the molecule is CCCc1cc2c(cc1S(=O)(=O)O)CSC2. The first-order valence-electron chi connectivity index (χ1n) is 5.22. The van der Waals surface area contributed by atoms with Crippen molar-refractivity contribution in [1.82, 2.24) is 0 Å². The van der Waals surface area contributed by atoms with Crippen molar-refractivity contribution in [3.63, 3.8) is 0 Å². The van der Waals surface area contributed by atoms with Crippen molar-refractivity contribution in [2.75, 3.05) is 0 Å². The Balaban J connectivity index is 2.57. The van der Waals surface area contributed by atoms with Crippen molar-refractivity contribution in [2.45, 2.75) is 36.2 Å². The average Bonchev–Trinajstić information content (AvgIpc) is 2.62. The molecule has 1 N–H and O–H groups in total. The van der Waals surface area contributed by atoms with Crippen LogP contribution in [0.2, 0.25) is 0 Å². The minimum absolute atomic E-state index is 0.0931. The van der Waals surface area contributed by atoms with Gasteiger partial charge in [0.1, 0.15) is 0 Å². The molecule has 0 saturated carbocycles. The quantitative estimate of drug-likeness (QED) is 0.847. The second kappa shape index (κ2) is 4.39. The molecule has 3 nitrogen and oxygen atoms in total. The Morgan fingerprint density at radius 2 is 1.94 bits per heavy atom. The van der Waals surface area contributed by atoms with Crippen LogP contribution in [0.15, 0.2) is 17.0 Å². The summed E-state index contributed by atoms with van der Waals surface area (Å²) in [7, 11) is -4.09. The highest BCUT2D eigenvalue weighted by Gasteiger charge is 2.20. The van der Waals surface area contributed by atoms with Crippen LogP contribution >= 0.6 is 11.8 Å². The zero-order valence-corrected chi connectivity index (χ0v) is 10.7. The lowest BCUT2D eigenvalue weighted by Gasteiger charge is -2.09. The summed E-state index contributed by atoms with van der Waals surface area (Å²) in [6.07, 6.45) is 1.56. The van der Waals surface area contributed by atoms with E-state index in [0.29, 0.717) is 6.42 Å². The van der Waals surface area contributed by atoms with Gasteiger partial charge in [-0.25, -0.2) is 0 Å². The molecule has 0 amide bonds. The van der Waals surface area contributed by atoms with Crippen LogP contribution in [-0.2, 0) is 28.0 Å². The Kier molecular flexibility index (Phi) is 3.28. The van der Waals surface area contributed by atoms with Crippen LogP contribution in [0, 0.1) is 0 Å². The second-order valence-corrected chi connectivity index (χ2v) is 6.32.